The van der Waals surface area contributed by atoms with Crippen molar-refractivity contribution in [1.82, 2.24) is 0 Å². The molecule has 0 saturated heterocycles. The summed E-state index contributed by atoms with van der Waals surface area (Å²) in [6.07, 6.45) is 1.78. The molecule has 0 amide bonds. The fourth-order valence-electron chi connectivity index (χ4n) is 2.41. The number of hydrogen-bond acceptors (Lipinski definition) is 3. The Morgan fingerprint density at radius 3 is 2.88 bits per heavy atom. The van der Waals surface area contributed by atoms with E-state index in [9.17, 15) is 5.26 Å². The molecule has 0 saturated carbocycles. The Bertz CT molecular complexity index is 496. The predicted octanol–water partition coefficient (Wildman–Crippen LogP) is 2.32. The average Bonchev–Trinajstić information content (AvgIpc) is 2.69. The maximum atomic E-state index is 9.32. The van der Waals surface area contributed by atoms with Crippen LogP contribution in [0.25, 0.3) is 0 Å². The molecule has 2 rings (SSSR count). The highest BCUT2D eigenvalue weighted by Gasteiger charge is 2.40. The third kappa shape index (κ3) is 1.33. The lowest BCUT2D eigenvalue weighted by Gasteiger charge is -2.18. The van der Waals surface area contributed by atoms with E-state index in [0.29, 0.717) is 6.42 Å². The lowest BCUT2D eigenvalue weighted by Crippen LogP contribution is -2.19. The number of benzene rings is 1. The van der Waals surface area contributed by atoms with Crippen LogP contribution in [0.4, 0.5) is 0 Å². The van der Waals surface area contributed by atoms with E-state index in [1.165, 1.54) is 0 Å². The standard InChI is InChI=1S/C13H12N2O/c1-16-12-4-2-3-11-10(12)5-6-13(11,9-15)7-8-14/h2-4H,5-7H2,1H3. The summed E-state index contributed by atoms with van der Waals surface area (Å²) in [7, 11) is 1.63. The molecule has 3 heteroatoms. The molecular weight excluding hydrogens is 200 g/mol. The summed E-state index contributed by atoms with van der Waals surface area (Å²) in [5.74, 6) is 0.826. The molecule has 0 spiro atoms. The van der Waals surface area contributed by atoms with Crippen molar-refractivity contribution in [2.75, 3.05) is 7.11 Å². The molecule has 0 aliphatic heterocycles. The topological polar surface area (TPSA) is 56.8 Å². The SMILES string of the molecule is COc1cccc2c1CCC2(C#N)CC#N. The van der Waals surface area contributed by atoms with E-state index in [4.69, 9.17) is 10.00 Å². The number of rotatable bonds is 2. The summed E-state index contributed by atoms with van der Waals surface area (Å²) in [5, 5.41) is 18.2. The van der Waals surface area contributed by atoms with Crippen molar-refractivity contribution in [1.29, 1.82) is 10.5 Å². The van der Waals surface area contributed by atoms with Gasteiger partial charge in [-0.25, -0.2) is 0 Å². The molecule has 1 aliphatic carbocycles. The molecule has 0 N–H and O–H groups in total. The summed E-state index contributed by atoms with van der Waals surface area (Å²) >= 11 is 0. The van der Waals surface area contributed by atoms with Gasteiger partial charge in [0.25, 0.3) is 0 Å². The maximum absolute atomic E-state index is 9.32. The second-order valence-corrected chi connectivity index (χ2v) is 4.02. The van der Waals surface area contributed by atoms with Crippen molar-refractivity contribution < 1.29 is 4.74 Å². The average molecular weight is 212 g/mol. The molecule has 1 aromatic rings. The van der Waals surface area contributed by atoms with Gasteiger partial charge < -0.3 is 4.74 Å². The van der Waals surface area contributed by atoms with Crippen molar-refractivity contribution in [3.05, 3.63) is 29.3 Å². The molecule has 1 aromatic carbocycles. The summed E-state index contributed by atoms with van der Waals surface area (Å²) in [4.78, 5) is 0. The number of methoxy groups -OCH3 is 1. The normalized spacial score (nSPS) is 21.9. The quantitative estimate of drug-likeness (QED) is 0.755. The van der Waals surface area contributed by atoms with Gasteiger partial charge in [-0.05, 0) is 30.0 Å². The lowest BCUT2D eigenvalue weighted by molar-refractivity contribution is 0.410. The third-order valence-electron chi connectivity index (χ3n) is 3.27. The van der Waals surface area contributed by atoms with Gasteiger partial charge in [-0.1, -0.05) is 12.1 Å². The lowest BCUT2D eigenvalue weighted by atomic mass is 9.81. The number of hydrogen-bond donors (Lipinski definition) is 0. The van der Waals surface area contributed by atoms with Crippen molar-refractivity contribution in [2.45, 2.75) is 24.7 Å². The van der Waals surface area contributed by atoms with Crippen molar-refractivity contribution in [3.8, 4) is 17.9 Å². The van der Waals surface area contributed by atoms with E-state index < -0.39 is 5.41 Å². The Labute approximate surface area is 94.9 Å². The zero-order valence-electron chi connectivity index (χ0n) is 9.16. The van der Waals surface area contributed by atoms with Crippen molar-refractivity contribution >= 4 is 0 Å². The largest absolute Gasteiger partial charge is 0.496 e. The summed E-state index contributed by atoms with van der Waals surface area (Å²) in [6, 6.07) is 10.1. The molecule has 0 fully saturated rings. The van der Waals surface area contributed by atoms with Crippen molar-refractivity contribution in [3.63, 3.8) is 0 Å². The van der Waals surface area contributed by atoms with Gasteiger partial charge >= 0.3 is 0 Å². The molecule has 0 radical (unpaired) electrons. The Morgan fingerprint density at radius 1 is 1.44 bits per heavy atom. The van der Waals surface area contributed by atoms with Crippen LogP contribution in [0, 0.1) is 22.7 Å². The number of ether oxygens (including phenoxy) is 1. The van der Waals surface area contributed by atoms with Crippen LogP contribution in [0.2, 0.25) is 0 Å². The highest BCUT2D eigenvalue weighted by Crippen LogP contribution is 2.44. The van der Waals surface area contributed by atoms with Crippen LogP contribution in [0.5, 0.6) is 5.75 Å². The molecule has 1 atom stereocenters. The Morgan fingerprint density at radius 2 is 2.25 bits per heavy atom. The molecule has 1 unspecified atom stereocenters. The number of nitrogens with zero attached hydrogens (tertiary/aromatic N) is 2. The highest BCUT2D eigenvalue weighted by atomic mass is 16.5. The third-order valence-corrected chi connectivity index (χ3v) is 3.27. The first-order valence-corrected chi connectivity index (χ1v) is 5.22. The summed E-state index contributed by atoms with van der Waals surface area (Å²) < 4.78 is 5.28. The fraction of sp³-hybridized carbons (Fsp3) is 0.385. The van der Waals surface area contributed by atoms with Gasteiger partial charge in [0.1, 0.15) is 5.75 Å². The summed E-state index contributed by atoms with van der Waals surface area (Å²) in [5.41, 5.74) is 1.43. The van der Waals surface area contributed by atoms with E-state index in [2.05, 4.69) is 12.1 Å². The van der Waals surface area contributed by atoms with Crippen LogP contribution in [-0.4, -0.2) is 7.11 Å². The van der Waals surface area contributed by atoms with Crippen LogP contribution in [0.3, 0.4) is 0 Å². The van der Waals surface area contributed by atoms with Gasteiger partial charge in [0, 0.05) is 0 Å². The van der Waals surface area contributed by atoms with Crippen LogP contribution in [-0.2, 0) is 11.8 Å². The van der Waals surface area contributed by atoms with Crippen molar-refractivity contribution in [2.24, 2.45) is 0 Å². The van der Waals surface area contributed by atoms with Gasteiger partial charge in [0.2, 0.25) is 0 Å². The highest BCUT2D eigenvalue weighted by molar-refractivity contribution is 5.51. The van der Waals surface area contributed by atoms with Gasteiger partial charge in [-0.2, -0.15) is 10.5 Å². The minimum absolute atomic E-state index is 0.254. The van der Waals surface area contributed by atoms with Crippen LogP contribution in [0.15, 0.2) is 18.2 Å². The zero-order chi connectivity index (χ0) is 11.6. The monoisotopic (exact) mass is 212 g/mol. The van der Waals surface area contributed by atoms with E-state index in [1.807, 2.05) is 18.2 Å². The molecule has 0 aromatic heterocycles. The Kier molecular flexibility index (Phi) is 2.54. The van der Waals surface area contributed by atoms with Crippen LogP contribution < -0.4 is 4.74 Å². The molecule has 0 heterocycles. The van der Waals surface area contributed by atoms with Crippen LogP contribution >= 0.6 is 0 Å². The van der Waals surface area contributed by atoms with Crippen LogP contribution in [0.1, 0.15) is 24.0 Å². The van der Waals surface area contributed by atoms with E-state index >= 15 is 0 Å². The minimum atomic E-state index is -0.626. The molecule has 16 heavy (non-hydrogen) atoms. The Balaban J connectivity index is 2.56. The maximum Gasteiger partial charge on any atom is 0.122 e. The predicted molar refractivity (Wildman–Crippen MR) is 58.8 cm³/mol. The van der Waals surface area contributed by atoms with Gasteiger partial charge in [0.15, 0.2) is 0 Å². The van der Waals surface area contributed by atoms with Gasteiger partial charge in [-0.15, -0.1) is 0 Å². The minimum Gasteiger partial charge on any atom is -0.496 e. The number of fused-ring (bicyclic) bond motifs is 1. The first kappa shape index (κ1) is 10.5. The number of nitriles is 2. The molecule has 1 aliphatic rings. The first-order chi connectivity index (χ1) is 7.77. The van der Waals surface area contributed by atoms with Gasteiger partial charge in [-0.3, -0.25) is 0 Å². The molecule has 3 nitrogen and oxygen atoms in total. The second-order valence-electron chi connectivity index (χ2n) is 4.02. The van der Waals surface area contributed by atoms with E-state index in [-0.39, 0.29) is 6.42 Å². The molecule has 80 valence electrons. The van der Waals surface area contributed by atoms with E-state index in [1.54, 1.807) is 7.11 Å². The second kappa shape index (κ2) is 3.87. The van der Waals surface area contributed by atoms with E-state index in [0.717, 1.165) is 23.3 Å². The molecule has 0 bridgehead atoms. The van der Waals surface area contributed by atoms with Gasteiger partial charge in [0.05, 0.1) is 31.1 Å². The smallest absolute Gasteiger partial charge is 0.122 e. The summed E-state index contributed by atoms with van der Waals surface area (Å²) in [6.45, 7) is 0. The Hall–Kier alpha value is -2.00. The zero-order valence-corrected chi connectivity index (χ0v) is 9.16. The molecular formula is C13H12N2O. The first-order valence-electron chi connectivity index (χ1n) is 5.22. The fourth-order valence-corrected chi connectivity index (χ4v) is 2.41.